The van der Waals surface area contributed by atoms with Gasteiger partial charge in [0.05, 0.1) is 25.0 Å². The molecule has 1 saturated carbocycles. The maximum Gasteiger partial charge on any atom is 0.246 e. The molecule has 8 nitrogen and oxygen atoms in total. The number of amides is 3. The number of fused-ring (bicyclic) bond motifs is 1. The number of carbonyl (C=O) groups is 3. The number of likely N-dealkylation sites (tertiary alicyclic amines) is 1. The van der Waals surface area contributed by atoms with E-state index < -0.39 is 29.6 Å². The summed E-state index contributed by atoms with van der Waals surface area (Å²) in [5, 5.41) is 6.81. The highest BCUT2D eigenvalue weighted by molar-refractivity contribution is 6.30. The van der Waals surface area contributed by atoms with Crippen LogP contribution in [0.1, 0.15) is 37.7 Å². The van der Waals surface area contributed by atoms with Crippen LogP contribution in [0.5, 0.6) is 5.75 Å². The molecular weight excluding hydrogens is 530 g/mol. The molecule has 4 aliphatic rings. The van der Waals surface area contributed by atoms with E-state index in [2.05, 4.69) is 10.6 Å². The van der Waals surface area contributed by atoms with E-state index in [0.29, 0.717) is 29.4 Å². The zero-order valence-corrected chi connectivity index (χ0v) is 23.2. The van der Waals surface area contributed by atoms with Gasteiger partial charge in [-0.05, 0) is 49.1 Å². The van der Waals surface area contributed by atoms with Crippen molar-refractivity contribution >= 4 is 35.0 Å². The predicted octanol–water partition coefficient (Wildman–Crippen LogP) is 4.13. The summed E-state index contributed by atoms with van der Waals surface area (Å²) in [6, 6.07) is 13.8. The molecule has 0 radical (unpaired) electrons. The number of ether oxygens (including phenoxy) is 2. The molecule has 40 heavy (non-hydrogen) atoms. The fourth-order valence-corrected chi connectivity index (χ4v) is 6.99. The van der Waals surface area contributed by atoms with E-state index in [4.69, 9.17) is 21.1 Å². The first-order valence-corrected chi connectivity index (χ1v) is 14.4. The molecule has 5 atom stereocenters. The predicted molar refractivity (Wildman–Crippen MR) is 151 cm³/mol. The molecule has 3 fully saturated rings. The molecule has 210 valence electrons. The highest BCUT2D eigenvalue weighted by Gasteiger charge is 2.72. The molecule has 0 aromatic heterocycles. The van der Waals surface area contributed by atoms with E-state index in [1.807, 2.05) is 36.4 Å². The Hall–Kier alpha value is -3.36. The second-order valence-electron chi connectivity index (χ2n) is 11.2. The van der Waals surface area contributed by atoms with Crippen molar-refractivity contribution in [1.29, 1.82) is 0 Å². The minimum Gasteiger partial charge on any atom is -0.497 e. The van der Waals surface area contributed by atoms with Crippen LogP contribution in [0, 0.1) is 11.8 Å². The molecule has 2 aromatic rings. The van der Waals surface area contributed by atoms with Gasteiger partial charge in [-0.3, -0.25) is 14.4 Å². The van der Waals surface area contributed by atoms with Crippen molar-refractivity contribution in [1.82, 2.24) is 10.2 Å². The monoisotopic (exact) mass is 563 g/mol. The van der Waals surface area contributed by atoms with Gasteiger partial charge in [0.1, 0.15) is 17.4 Å². The Labute approximate surface area is 239 Å². The third kappa shape index (κ3) is 4.77. The fourth-order valence-electron chi connectivity index (χ4n) is 6.86. The van der Waals surface area contributed by atoms with Crippen molar-refractivity contribution in [3.05, 3.63) is 71.3 Å². The quantitative estimate of drug-likeness (QED) is 0.471. The maximum atomic E-state index is 14.1. The number of rotatable bonds is 8. The van der Waals surface area contributed by atoms with E-state index in [1.54, 1.807) is 36.3 Å². The zero-order valence-electron chi connectivity index (χ0n) is 22.5. The first-order valence-electron chi connectivity index (χ1n) is 14.1. The van der Waals surface area contributed by atoms with Gasteiger partial charge in [-0.15, -0.1) is 0 Å². The Balaban J connectivity index is 1.28. The first kappa shape index (κ1) is 26.8. The van der Waals surface area contributed by atoms with Crippen LogP contribution in [0.2, 0.25) is 5.02 Å². The van der Waals surface area contributed by atoms with Crippen molar-refractivity contribution in [2.24, 2.45) is 11.8 Å². The number of carbonyl (C=O) groups excluding carboxylic acids is 3. The van der Waals surface area contributed by atoms with Gasteiger partial charge in [-0.25, -0.2) is 0 Å². The molecule has 2 N–H and O–H groups in total. The lowest BCUT2D eigenvalue weighted by Crippen LogP contribution is -2.56. The van der Waals surface area contributed by atoms with Crippen LogP contribution in [0.15, 0.2) is 60.7 Å². The summed E-state index contributed by atoms with van der Waals surface area (Å²) < 4.78 is 11.7. The summed E-state index contributed by atoms with van der Waals surface area (Å²) in [6.07, 6.45) is 8.84. The van der Waals surface area contributed by atoms with Gasteiger partial charge in [-0.1, -0.05) is 61.2 Å². The Morgan fingerprint density at radius 2 is 1.88 bits per heavy atom. The first-order chi connectivity index (χ1) is 19.4. The van der Waals surface area contributed by atoms with Crippen LogP contribution < -0.4 is 15.4 Å². The number of nitrogens with one attached hydrogen (secondary N) is 2. The van der Waals surface area contributed by atoms with Gasteiger partial charge in [0, 0.05) is 29.4 Å². The summed E-state index contributed by atoms with van der Waals surface area (Å²) in [4.78, 5) is 43.4. The van der Waals surface area contributed by atoms with Crippen molar-refractivity contribution in [3.8, 4) is 5.75 Å². The lowest BCUT2D eigenvalue weighted by molar-refractivity contribution is -0.141. The Kier molecular flexibility index (Phi) is 7.31. The normalized spacial score (nSPS) is 28.9. The molecular formula is C31H34ClN3O5. The third-order valence-corrected chi connectivity index (χ3v) is 9.02. The topological polar surface area (TPSA) is 97.0 Å². The van der Waals surface area contributed by atoms with Gasteiger partial charge < -0.3 is 25.0 Å². The molecule has 3 aliphatic heterocycles. The second kappa shape index (κ2) is 10.9. The Morgan fingerprint density at radius 3 is 2.62 bits per heavy atom. The van der Waals surface area contributed by atoms with Crippen LogP contribution in [0.4, 0.5) is 5.69 Å². The number of hydrogen-bond donors (Lipinski definition) is 2. The summed E-state index contributed by atoms with van der Waals surface area (Å²) in [5.74, 6) is -1.68. The van der Waals surface area contributed by atoms with E-state index in [9.17, 15) is 14.4 Å². The minimum absolute atomic E-state index is 0.0830. The number of anilines is 1. The summed E-state index contributed by atoms with van der Waals surface area (Å²) >= 11 is 6.06. The molecule has 6 rings (SSSR count). The van der Waals surface area contributed by atoms with Crippen molar-refractivity contribution in [2.45, 2.75) is 62.3 Å². The summed E-state index contributed by atoms with van der Waals surface area (Å²) in [6.45, 7) is 0.327. The lowest BCUT2D eigenvalue weighted by Gasteiger charge is -2.34. The fraction of sp³-hybridized carbons (Fsp3) is 0.452. The van der Waals surface area contributed by atoms with Crippen molar-refractivity contribution < 1.29 is 23.9 Å². The number of nitrogens with zero attached hydrogens (tertiary/aromatic N) is 1. The third-order valence-electron chi connectivity index (χ3n) is 8.77. The van der Waals surface area contributed by atoms with Crippen molar-refractivity contribution in [3.63, 3.8) is 0 Å². The molecule has 3 amide bonds. The Morgan fingerprint density at radius 1 is 1.10 bits per heavy atom. The molecule has 1 spiro atoms. The van der Waals surface area contributed by atoms with Gasteiger partial charge >= 0.3 is 0 Å². The lowest BCUT2D eigenvalue weighted by atomic mass is 9.74. The second-order valence-corrected chi connectivity index (χ2v) is 11.6. The van der Waals surface area contributed by atoms with Crippen molar-refractivity contribution in [2.75, 3.05) is 19.0 Å². The minimum atomic E-state index is -1.18. The SMILES string of the molecule is COc1cccc(NC(=O)C2C3C=CC4(O3)C2C(=O)N(CCc2ccc(Cl)cc2)C4C(=O)NC2CCCCC2)c1. The van der Waals surface area contributed by atoms with Gasteiger partial charge in [0.15, 0.2) is 0 Å². The molecule has 9 heteroatoms. The van der Waals surface area contributed by atoms with E-state index in [-0.39, 0.29) is 23.8 Å². The standard InChI is InChI=1S/C31H34ClN3O5/c1-39-23-9-5-8-22(18-23)34-28(36)25-24-14-16-31(40-24)26(25)30(38)35(17-15-19-10-12-20(32)13-11-19)27(31)29(37)33-21-6-3-2-4-7-21/h5,8-14,16,18,21,24-27H,2-4,6-7,15,17H2,1H3,(H,33,37)(H,34,36). The van der Waals surface area contributed by atoms with Gasteiger partial charge in [0.2, 0.25) is 17.7 Å². The number of benzene rings is 2. The number of methoxy groups -OCH3 is 1. The van der Waals surface area contributed by atoms with Crippen LogP contribution in [-0.4, -0.2) is 60.1 Å². The maximum absolute atomic E-state index is 14.1. The van der Waals surface area contributed by atoms with E-state index in [0.717, 1.165) is 31.2 Å². The zero-order chi connectivity index (χ0) is 27.9. The summed E-state index contributed by atoms with van der Waals surface area (Å²) in [5.41, 5.74) is 0.393. The molecule has 1 aliphatic carbocycles. The summed E-state index contributed by atoms with van der Waals surface area (Å²) in [7, 11) is 1.56. The largest absolute Gasteiger partial charge is 0.497 e. The van der Waals surface area contributed by atoms with Crippen LogP contribution in [0.25, 0.3) is 0 Å². The van der Waals surface area contributed by atoms with Crippen LogP contribution in [-0.2, 0) is 25.5 Å². The van der Waals surface area contributed by atoms with Crippen LogP contribution in [0.3, 0.4) is 0 Å². The molecule has 2 bridgehead atoms. The van der Waals surface area contributed by atoms with E-state index in [1.165, 1.54) is 6.42 Å². The number of halogens is 1. The molecule has 2 saturated heterocycles. The van der Waals surface area contributed by atoms with E-state index >= 15 is 0 Å². The molecule has 5 unspecified atom stereocenters. The smallest absolute Gasteiger partial charge is 0.246 e. The highest BCUT2D eigenvalue weighted by Crippen LogP contribution is 2.55. The molecule has 2 aromatic carbocycles. The average Bonchev–Trinajstić information content (AvgIpc) is 3.60. The Bertz CT molecular complexity index is 1320. The van der Waals surface area contributed by atoms with Gasteiger partial charge in [-0.2, -0.15) is 0 Å². The number of hydrogen-bond acceptors (Lipinski definition) is 5. The van der Waals surface area contributed by atoms with Gasteiger partial charge in [0.25, 0.3) is 0 Å². The average molecular weight is 564 g/mol. The van der Waals surface area contributed by atoms with Crippen LogP contribution >= 0.6 is 11.6 Å². The highest BCUT2D eigenvalue weighted by atomic mass is 35.5. The molecule has 3 heterocycles.